The number of aliphatic hydroxyl groups is 1. The Labute approximate surface area is 227 Å². The first-order valence-electron chi connectivity index (χ1n) is 14.8. The summed E-state index contributed by atoms with van der Waals surface area (Å²) in [5, 5.41) is 9.23. The van der Waals surface area contributed by atoms with Gasteiger partial charge in [-0.05, 0) is 64.2 Å². The topological polar surface area (TPSA) is 96.4 Å². The van der Waals surface area contributed by atoms with E-state index in [0.29, 0.717) is 45.4 Å². The summed E-state index contributed by atoms with van der Waals surface area (Å²) >= 11 is 0. The zero-order valence-electron chi connectivity index (χ0n) is 22.9. The Morgan fingerprint density at radius 2 is 1.87 bits per heavy atom. The summed E-state index contributed by atoms with van der Waals surface area (Å²) in [5.74, 6) is -1.97. The summed E-state index contributed by atoms with van der Waals surface area (Å²) in [6.45, 7) is 8.89. The standard InChI is InChI=1S/C30H46N2O6/c1-3-5-6-13-21-37-29(36)24-23-16-17-30(38-23)25(24)27(34)32(19-11-8-12-20-33)26(30)28(35)31(18-4-2)22-14-9-7-10-15-22/h3-4,22-26,33H,1-2,5-21H2/t23-,24+,25+,26?,30?/m1/s1. The molecule has 3 aliphatic heterocycles. The number of nitrogens with zero attached hydrogens (tertiary/aromatic N) is 2. The molecule has 2 unspecified atom stereocenters. The van der Waals surface area contributed by atoms with Crippen LogP contribution >= 0.6 is 0 Å². The third-order valence-corrected chi connectivity index (χ3v) is 9.03. The average molecular weight is 531 g/mol. The Kier molecular flexibility index (Phi) is 10.0. The Hall–Kier alpha value is -2.19. The lowest BCUT2D eigenvalue weighted by Crippen LogP contribution is -2.58. The van der Waals surface area contributed by atoms with Crippen LogP contribution in [0.1, 0.15) is 83.5 Å². The van der Waals surface area contributed by atoms with Crippen molar-refractivity contribution >= 4 is 17.8 Å². The van der Waals surface area contributed by atoms with Gasteiger partial charge in [0.15, 0.2) is 0 Å². The smallest absolute Gasteiger partial charge is 0.312 e. The third kappa shape index (κ3) is 5.57. The molecular weight excluding hydrogens is 484 g/mol. The summed E-state index contributed by atoms with van der Waals surface area (Å²) in [7, 11) is 0. The maximum Gasteiger partial charge on any atom is 0.312 e. The van der Waals surface area contributed by atoms with Crippen LogP contribution in [0.4, 0.5) is 0 Å². The largest absolute Gasteiger partial charge is 0.465 e. The second kappa shape index (κ2) is 13.2. The highest BCUT2D eigenvalue weighted by molar-refractivity contribution is 5.98. The lowest BCUT2D eigenvalue weighted by molar-refractivity contribution is -0.155. The van der Waals surface area contributed by atoms with Crippen molar-refractivity contribution in [1.29, 1.82) is 0 Å². The van der Waals surface area contributed by atoms with Gasteiger partial charge in [0.1, 0.15) is 11.6 Å². The van der Waals surface area contributed by atoms with E-state index in [4.69, 9.17) is 9.47 Å². The molecular formula is C30H46N2O6. The molecule has 1 spiro atoms. The van der Waals surface area contributed by atoms with Crippen molar-refractivity contribution in [1.82, 2.24) is 9.80 Å². The number of fused-ring (bicyclic) bond motifs is 1. The number of esters is 1. The maximum atomic E-state index is 14.4. The summed E-state index contributed by atoms with van der Waals surface area (Å²) in [6, 6.07) is -0.614. The van der Waals surface area contributed by atoms with Crippen molar-refractivity contribution in [2.75, 3.05) is 26.3 Å². The molecule has 4 fully saturated rings. The maximum absolute atomic E-state index is 14.4. The Morgan fingerprint density at radius 3 is 2.58 bits per heavy atom. The van der Waals surface area contributed by atoms with Crippen molar-refractivity contribution in [3.63, 3.8) is 0 Å². The number of ether oxygens (including phenoxy) is 2. The van der Waals surface area contributed by atoms with Gasteiger partial charge in [-0.15, -0.1) is 13.2 Å². The van der Waals surface area contributed by atoms with Crippen LogP contribution in [-0.2, 0) is 23.9 Å². The third-order valence-electron chi connectivity index (χ3n) is 9.03. The van der Waals surface area contributed by atoms with Crippen LogP contribution < -0.4 is 0 Å². The first-order chi connectivity index (χ1) is 18.5. The Bertz CT molecular complexity index is 871. The van der Waals surface area contributed by atoms with E-state index in [1.165, 1.54) is 6.42 Å². The number of likely N-dealkylation sites (tertiary alicyclic amines) is 1. The molecule has 0 aromatic rings. The van der Waals surface area contributed by atoms with Gasteiger partial charge in [-0.1, -0.05) is 31.4 Å². The summed E-state index contributed by atoms with van der Waals surface area (Å²) in [6.07, 6.45) is 14.3. The fourth-order valence-corrected chi connectivity index (χ4v) is 7.28. The quantitative estimate of drug-likeness (QED) is 0.197. The SMILES string of the molecule is C=CCCCCOC(=O)[C@@H]1[C@H]2C(=O)N(CCCCCO)C(C(=O)N(CC=C)C3CCCCC3)C23CC[C@H]1O3. The molecule has 1 N–H and O–H groups in total. The van der Waals surface area contributed by atoms with E-state index in [1.807, 2.05) is 11.0 Å². The number of hydrogen-bond acceptors (Lipinski definition) is 6. The molecule has 1 saturated carbocycles. The molecule has 8 heteroatoms. The summed E-state index contributed by atoms with van der Waals surface area (Å²) in [5.41, 5.74) is -0.990. The second-order valence-electron chi connectivity index (χ2n) is 11.4. The molecule has 212 valence electrons. The summed E-state index contributed by atoms with van der Waals surface area (Å²) in [4.78, 5) is 45.3. The van der Waals surface area contributed by atoms with Gasteiger partial charge in [0, 0.05) is 25.7 Å². The van der Waals surface area contributed by atoms with E-state index in [-0.39, 0.29) is 36.5 Å². The van der Waals surface area contributed by atoms with E-state index in [2.05, 4.69) is 13.2 Å². The minimum Gasteiger partial charge on any atom is -0.465 e. The van der Waals surface area contributed by atoms with Crippen molar-refractivity contribution < 1.29 is 29.0 Å². The van der Waals surface area contributed by atoms with Gasteiger partial charge < -0.3 is 24.4 Å². The van der Waals surface area contributed by atoms with Crippen molar-refractivity contribution in [3.05, 3.63) is 25.3 Å². The van der Waals surface area contributed by atoms with Crippen LogP contribution in [0.5, 0.6) is 0 Å². The van der Waals surface area contributed by atoms with Gasteiger partial charge >= 0.3 is 5.97 Å². The molecule has 3 saturated heterocycles. The molecule has 4 rings (SSSR count). The van der Waals surface area contributed by atoms with Crippen LogP contribution in [0.25, 0.3) is 0 Å². The lowest BCUT2D eigenvalue weighted by Gasteiger charge is -2.40. The van der Waals surface area contributed by atoms with E-state index >= 15 is 0 Å². The number of hydrogen-bond donors (Lipinski definition) is 1. The highest BCUT2D eigenvalue weighted by Crippen LogP contribution is 2.59. The van der Waals surface area contributed by atoms with E-state index < -0.39 is 23.5 Å². The van der Waals surface area contributed by atoms with E-state index in [1.54, 1.807) is 11.0 Å². The predicted molar refractivity (Wildman–Crippen MR) is 144 cm³/mol. The second-order valence-corrected chi connectivity index (χ2v) is 11.4. The number of rotatable bonds is 15. The number of carbonyl (C=O) groups excluding carboxylic acids is 3. The van der Waals surface area contributed by atoms with Gasteiger partial charge in [-0.2, -0.15) is 0 Å². The lowest BCUT2D eigenvalue weighted by atomic mass is 9.70. The van der Waals surface area contributed by atoms with Gasteiger partial charge in [-0.3, -0.25) is 14.4 Å². The van der Waals surface area contributed by atoms with Gasteiger partial charge in [0.05, 0.1) is 24.5 Å². The Morgan fingerprint density at radius 1 is 1.08 bits per heavy atom. The molecule has 2 bridgehead atoms. The number of amides is 2. The monoisotopic (exact) mass is 530 g/mol. The minimum absolute atomic E-state index is 0.0751. The van der Waals surface area contributed by atoms with Crippen LogP contribution in [0, 0.1) is 11.8 Å². The van der Waals surface area contributed by atoms with Crippen molar-refractivity contribution in [3.8, 4) is 0 Å². The van der Waals surface area contributed by atoms with Crippen molar-refractivity contribution in [2.24, 2.45) is 11.8 Å². The molecule has 38 heavy (non-hydrogen) atoms. The van der Waals surface area contributed by atoms with Gasteiger partial charge in [0.2, 0.25) is 11.8 Å². The molecule has 5 atom stereocenters. The van der Waals surface area contributed by atoms with E-state index in [0.717, 1.165) is 51.4 Å². The average Bonchev–Trinajstić information content (AvgIpc) is 3.57. The van der Waals surface area contributed by atoms with Crippen LogP contribution in [0.2, 0.25) is 0 Å². The zero-order chi connectivity index (χ0) is 27.1. The number of allylic oxidation sites excluding steroid dienone is 1. The molecule has 4 aliphatic rings. The molecule has 1 aliphatic carbocycles. The predicted octanol–water partition coefficient (Wildman–Crippen LogP) is 3.77. The van der Waals surface area contributed by atoms with Crippen LogP contribution in [0.3, 0.4) is 0 Å². The highest BCUT2D eigenvalue weighted by Gasteiger charge is 2.75. The number of aliphatic hydroxyl groups excluding tert-OH is 1. The van der Waals surface area contributed by atoms with Crippen LogP contribution in [0.15, 0.2) is 25.3 Å². The molecule has 3 heterocycles. The van der Waals surface area contributed by atoms with Crippen molar-refractivity contribution in [2.45, 2.75) is 107 Å². The van der Waals surface area contributed by atoms with Crippen LogP contribution in [-0.4, -0.2) is 82.8 Å². The number of unbranched alkanes of at least 4 members (excludes halogenated alkanes) is 4. The molecule has 8 nitrogen and oxygen atoms in total. The zero-order valence-corrected chi connectivity index (χ0v) is 22.9. The first kappa shape index (κ1) is 28.8. The minimum atomic E-state index is -0.990. The summed E-state index contributed by atoms with van der Waals surface area (Å²) < 4.78 is 12.2. The van der Waals surface area contributed by atoms with E-state index in [9.17, 15) is 19.5 Å². The van der Waals surface area contributed by atoms with Gasteiger partial charge in [0.25, 0.3) is 0 Å². The highest BCUT2D eigenvalue weighted by atomic mass is 16.6. The fourth-order valence-electron chi connectivity index (χ4n) is 7.28. The molecule has 0 aromatic carbocycles. The molecule has 0 radical (unpaired) electrons. The normalized spacial score (nSPS) is 30.3. The molecule has 0 aromatic heterocycles. The fraction of sp³-hybridized carbons (Fsp3) is 0.767. The van der Waals surface area contributed by atoms with Gasteiger partial charge in [-0.25, -0.2) is 0 Å². The molecule has 2 amide bonds. The first-order valence-corrected chi connectivity index (χ1v) is 14.8. The number of carbonyl (C=O) groups is 3. The Balaban J connectivity index is 1.59.